The van der Waals surface area contributed by atoms with Crippen molar-refractivity contribution in [3.63, 3.8) is 0 Å². The van der Waals surface area contributed by atoms with Gasteiger partial charge in [-0.3, -0.25) is 14.4 Å². The van der Waals surface area contributed by atoms with Gasteiger partial charge in [-0.1, -0.05) is 90.6 Å². The Labute approximate surface area is 249 Å². The summed E-state index contributed by atoms with van der Waals surface area (Å²) in [6.45, 7) is 0.138. The molecule has 1 saturated carbocycles. The normalized spacial score (nSPS) is 22.7. The fourth-order valence-electron chi connectivity index (χ4n) is 5.89. The van der Waals surface area contributed by atoms with Gasteiger partial charge < -0.3 is 4.90 Å². The van der Waals surface area contributed by atoms with Gasteiger partial charge in [-0.05, 0) is 47.7 Å². The minimum atomic E-state index is -4.07. The molecule has 1 aliphatic carbocycles. The van der Waals surface area contributed by atoms with Crippen LogP contribution in [0.25, 0.3) is 0 Å². The van der Waals surface area contributed by atoms with Gasteiger partial charge in [-0.2, -0.15) is 13.1 Å². The fourth-order valence-corrected chi connectivity index (χ4v) is 7.11. The van der Waals surface area contributed by atoms with Crippen LogP contribution < -0.4 is 15.3 Å². The highest BCUT2D eigenvalue weighted by atomic mass is 35.5. The van der Waals surface area contributed by atoms with Crippen molar-refractivity contribution in [1.82, 2.24) is 15.1 Å². The van der Waals surface area contributed by atoms with Crippen molar-refractivity contribution in [2.24, 2.45) is 5.14 Å². The van der Waals surface area contributed by atoms with Gasteiger partial charge in [-0.25, -0.2) is 10.6 Å². The van der Waals surface area contributed by atoms with E-state index >= 15 is 0 Å². The minimum absolute atomic E-state index is 0.138. The number of nitrogens with zero attached hydrogens (tertiary/aromatic N) is 1. The van der Waals surface area contributed by atoms with Crippen LogP contribution >= 0.6 is 23.2 Å². The molecule has 1 heterocycles. The van der Waals surface area contributed by atoms with E-state index in [4.69, 9.17) is 33.2 Å². The summed E-state index contributed by atoms with van der Waals surface area (Å²) in [6.07, 6.45) is 2.50. The molecular formula is C29H30Cl2N4O5S. The predicted octanol–water partition coefficient (Wildman–Crippen LogP) is 4.63. The summed E-state index contributed by atoms with van der Waals surface area (Å²) in [6, 6.07) is 19.0. The van der Waals surface area contributed by atoms with Crippen LogP contribution in [0.4, 0.5) is 0 Å². The highest BCUT2D eigenvalue weighted by molar-refractivity contribution is 7.87. The quantitative estimate of drug-likeness (QED) is 0.318. The summed E-state index contributed by atoms with van der Waals surface area (Å²) in [5, 5.41) is 6.04. The smallest absolute Gasteiger partial charge is 0.274 e. The number of amides is 2. The summed E-state index contributed by atoms with van der Waals surface area (Å²) in [5.74, 6) is -1.75. The van der Waals surface area contributed by atoms with Crippen LogP contribution in [0.5, 0.6) is 0 Å². The van der Waals surface area contributed by atoms with Gasteiger partial charge >= 0.3 is 0 Å². The molecule has 0 radical (unpaired) electrons. The van der Waals surface area contributed by atoms with Crippen LogP contribution in [-0.4, -0.2) is 37.2 Å². The molecule has 4 atom stereocenters. The van der Waals surface area contributed by atoms with E-state index in [0.29, 0.717) is 34.6 Å². The van der Waals surface area contributed by atoms with Crippen LogP contribution in [0.2, 0.25) is 10.0 Å². The number of nitrogens with two attached hydrogens (primary N) is 1. The third-order valence-electron chi connectivity index (χ3n) is 7.60. The topological polar surface area (TPSA) is 131 Å². The molecule has 5 rings (SSSR count). The van der Waals surface area contributed by atoms with Crippen LogP contribution in [-0.2, 0) is 26.4 Å². The Bertz CT molecular complexity index is 1540. The zero-order chi connectivity index (χ0) is 29.1. The van der Waals surface area contributed by atoms with Crippen molar-refractivity contribution in [2.45, 2.75) is 56.3 Å². The fraction of sp³-hybridized carbons (Fsp3) is 0.310. The number of carbonyl (C=O) groups is 2. The Kier molecular flexibility index (Phi) is 8.98. The van der Waals surface area contributed by atoms with E-state index in [1.807, 2.05) is 30.3 Å². The van der Waals surface area contributed by atoms with Gasteiger partial charge in [0.1, 0.15) is 0 Å². The number of halogens is 2. The van der Waals surface area contributed by atoms with Crippen molar-refractivity contribution in [3.05, 3.63) is 105 Å². The molecule has 1 fully saturated rings. The number of hydrogen-bond acceptors (Lipinski definition) is 5. The lowest BCUT2D eigenvalue weighted by molar-refractivity contribution is -0.138. The molecular weight excluding hydrogens is 587 g/mol. The SMILES string of the molecule is NS(=O)(=O)N[C@H]1CCCCC1N1C(=O)c2ccccc2[C@@H](C(=O)NOCc2ccccc2)[C@@H]1c1ccc(Cl)cc1Cl. The van der Waals surface area contributed by atoms with E-state index in [1.165, 1.54) is 0 Å². The first-order valence-corrected chi connectivity index (χ1v) is 15.6. The van der Waals surface area contributed by atoms with Crippen molar-refractivity contribution in [2.75, 3.05) is 0 Å². The van der Waals surface area contributed by atoms with Gasteiger partial charge in [0.2, 0.25) is 0 Å². The molecule has 2 amide bonds. The molecule has 12 heteroatoms. The summed E-state index contributed by atoms with van der Waals surface area (Å²) in [5.41, 5.74) is 4.81. The van der Waals surface area contributed by atoms with Gasteiger partial charge in [0.25, 0.3) is 22.0 Å². The maximum atomic E-state index is 14.2. The first-order chi connectivity index (χ1) is 19.6. The van der Waals surface area contributed by atoms with Crippen LogP contribution in [0.1, 0.15) is 64.7 Å². The molecule has 216 valence electrons. The number of hydrogen-bond donors (Lipinski definition) is 3. The second-order valence-electron chi connectivity index (χ2n) is 10.2. The maximum absolute atomic E-state index is 14.2. The molecule has 2 aliphatic rings. The Balaban J connectivity index is 1.60. The molecule has 4 N–H and O–H groups in total. The average molecular weight is 618 g/mol. The van der Waals surface area contributed by atoms with E-state index in [9.17, 15) is 18.0 Å². The van der Waals surface area contributed by atoms with Crippen LogP contribution in [0.3, 0.4) is 0 Å². The number of hydroxylamine groups is 1. The Morgan fingerprint density at radius 2 is 1.68 bits per heavy atom. The second-order valence-corrected chi connectivity index (χ2v) is 12.4. The Morgan fingerprint density at radius 1 is 0.976 bits per heavy atom. The monoisotopic (exact) mass is 616 g/mol. The number of carbonyl (C=O) groups excluding carboxylic acids is 2. The minimum Gasteiger partial charge on any atom is -0.326 e. The Morgan fingerprint density at radius 3 is 2.41 bits per heavy atom. The molecule has 3 aromatic carbocycles. The van der Waals surface area contributed by atoms with E-state index in [2.05, 4.69) is 10.2 Å². The lowest BCUT2D eigenvalue weighted by atomic mass is 9.76. The molecule has 41 heavy (non-hydrogen) atoms. The highest BCUT2D eigenvalue weighted by Crippen LogP contribution is 2.47. The zero-order valence-electron chi connectivity index (χ0n) is 22.0. The zero-order valence-corrected chi connectivity index (χ0v) is 24.3. The van der Waals surface area contributed by atoms with Crippen molar-refractivity contribution in [1.29, 1.82) is 0 Å². The second kappa shape index (κ2) is 12.5. The van der Waals surface area contributed by atoms with Crippen molar-refractivity contribution < 1.29 is 22.8 Å². The van der Waals surface area contributed by atoms with Crippen LogP contribution in [0, 0.1) is 0 Å². The standard InChI is InChI=1S/C29H30Cl2N4O5S/c30-19-14-15-22(23(31)16-19)27-26(28(36)33-40-17-18-8-2-1-3-9-18)20-10-4-5-11-21(20)29(37)35(27)25-13-7-6-12-24(25)34-41(32,38)39/h1-5,8-11,14-16,24-27,34H,6-7,12-13,17H2,(H,33,36)(H2,32,38,39)/t24-,25?,26+,27-/m0/s1. The van der Waals surface area contributed by atoms with Gasteiger partial charge in [0, 0.05) is 27.7 Å². The lowest BCUT2D eigenvalue weighted by Crippen LogP contribution is -2.59. The first-order valence-electron chi connectivity index (χ1n) is 13.3. The summed E-state index contributed by atoms with van der Waals surface area (Å²) in [4.78, 5) is 35.4. The van der Waals surface area contributed by atoms with Crippen LogP contribution in [0.15, 0.2) is 72.8 Å². The average Bonchev–Trinajstić information content (AvgIpc) is 2.93. The molecule has 1 aliphatic heterocycles. The lowest BCUT2D eigenvalue weighted by Gasteiger charge is -2.49. The third-order valence-corrected chi connectivity index (χ3v) is 8.79. The largest absolute Gasteiger partial charge is 0.326 e. The number of benzene rings is 3. The van der Waals surface area contributed by atoms with E-state index < -0.39 is 40.2 Å². The van der Waals surface area contributed by atoms with Gasteiger partial charge in [0.05, 0.1) is 18.6 Å². The van der Waals surface area contributed by atoms with Crippen molar-refractivity contribution >= 4 is 45.2 Å². The summed E-state index contributed by atoms with van der Waals surface area (Å²) < 4.78 is 26.7. The molecule has 0 spiro atoms. The number of fused-ring (bicyclic) bond motifs is 1. The predicted molar refractivity (Wildman–Crippen MR) is 156 cm³/mol. The maximum Gasteiger partial charge on any atom is 0.274 e. The summed E-state index contributed by atoms with van der Waals surface area (Å²) in [7, 11) is -4.07. The number of nitrogens with one attached hydrogen (secondary N) is 2. The van der Waals surface area contributed by atoms with E-state index in [-0.39, 0.29) is 17.5 Å². The first kappa shape index (κ1) is 29.5. The highest BCUT2D eigenvalue weighted by Gasteiger charge is 2.49. The molecule has 0 saturated heterocycles. The molecule has 3 aromatic rings. The molecule has 9 nitrogen and oxygen atoms in total. The van der Waals surface area contributed by atoms with Gasteiger partial charge in [0.15, 0.2) is 0 Å². The summed E-state index contributed by atoms with van der Waals surface area (Å²) >= 11 is 12.9. The van der Waals surface area contributed by atoms with Gasteiger partial charge in [-0.15, -0.1) is 0 Å². The third kappa shape index (κ3) is 6.58. The molecule has 0 bridgehead atoms. The molecule has 1 unspecified atom stereocenters. The number of rotatable bonds is 8. The van der Waals surface area contributed by atoms with Crippen molar-refractivity contribution in [3.8, 4) is 0 Å². The molecule has 0 aromatic heterocycles. The Hall–Kier alpha value is -2.99. The van der Waals surface area contributed by atoms with E-state index in [1.54, 1.807) is 47.4 Å². The van der Waals surface area contributed by atoms with E-state index in [0.717, 1.165) is 18.4 Å².